The fourth-order valence-electron chi connectivity index (χ4n) is 9.19. The average molecular weight is 1130 g/mol. The summed E-state index contributed by atoms with van der Waals surface area (Å²) in [4.78, 5) is 27.8. The first-order valence-corrected chi connectivity index (χ1v) is 29.3. The third-order valence-corrected chi connectivity index (χ3v) is 14.5. The van der Waals surface area contributed by atoms with Crippen LogP contribution in [0.4, 0.5) is 0 Å². The molecule has 0 amide bonds. The Morgan fingerprint density at radius 3 is 1.38 bits per heavy atom. The molecule has 0 fully saturated rings. The molecule has 0 spiro atoms. The molecule has 0 saturated heterocycles. The van der Waals surface area contributed by atoms with Crippen LogP contribution in [0.25, 0.3) is 10.9 Å². The van der Waals surface area contributed by atoms with Gasteiger partial charge in [-0.15, -0.1) is 0 Å². The van der Waals surface area contributed by atoms with E-state index in [4.69, 9.17) is 4.74 Å². The number of pyridine rings is 3. The molecule has 0 aliphatic rings. The van der Waals surface area contributed by atoms with E-state index in [0.29, 0.717) is 42.7 Å². The fourth-order valence-corrected chi connectivity index (χ4v) is 9.19. The van der Waals surface area contributed by atoms with Crippen molar-refractivity contribution < 1.29 is 4.74 Å². The number of aryl methyl sites for hydroxylation is 4. The maximum atomic E-state index is 11.7. The van der Waals surface area contributed by atoms with Crippen LogP contribution < -0.4 is 15.9 Å². The second-order valence-electron chi connectivity index (χ2n) is 23.1. The molecular formula is C74H93N7O3. The fraction of sp³-hybridized carbons (Fsp3) is 0.338. The van der Waals surface area contributed by atoms with E-state index in [-0.39, 0.29) is 18.5 Å². The number of rotatable bonds is 14. The summed E-state index contributed by atoms with van der Waals surface area (Å²) in [6.45, 7) is 33.0. The van der Waals surface area contributed by atoms with Crippen molar-refractivity contribution in [3.63, 3.8) is 0 Å². The minimum Gasteiger partial charge on any atom is -0.496 e. The highest BCUT2D eigenvalue weighted by molar-refractivity contribution is 5.79. The van der Waals surface area contributed by atoms with E-state index in [1.165, 1.54) is 55.6 Å². The van der Waals surface area contributed by atoms with Gasteiger partial charge in [0.1, 0.15) is 5.75 Å². The third-order valence-electron chi connectivity index (χ3n) is 14.5. The van der Waals surface area contributed by atoms with Crippen LogP contribution in [0.15, 0.2) is 198 Å². The molecule has 10 aromatic rings. The SMILES string of the molecule is C.CC(C)c1ccc(Cn2ccccc2=O)cc1.COc1cc(C(C)C)ccc1Cn1ccccc1=O.Cc1cc(C)n(Cc2ccc(C(C)C)cc2)n1.Cc1ccc2cc(C(C)C)ccc2n1.Cc1cnn(Cc2ccc(C(C)C)cc2)c1. The Bertz CT molecular complexity index is 3690. The number of nitrogens with zero attached hydrogens (tertiary/aromatic N) is 7. The quantitative estimate of drug-likeness (QED) is 0.107. The molecule has 10 nitrogen and oxygen atoms in total. The van der Waals surface area contributed by atoms with Crippen molar-refractivity contribution in [3.8, 4) is 5.75 Å². The summed E-state index contributed by atoms with van der Waals surface area (Å²) in [6.07, 6.45) is 7.57. The number of hydrogen-bond donors (Lipinski definition) is 0. The Kier molecular flexibility index (Phi) is 25.7. The maximum Gasteiger partial charge on any atom is 0.250 e. The van der Waals surface area contributed by atoms with Crippen molar-refractivity contribution in [2.75, 3.05) is 7.11 Å². The maximum absolute atomic E-state index is 11.7. The predicted octanol–water partition coefficient (Wildman–Crippen LogP) is 17.4. The topological polar surface area (TPSA) is 102 Å². The number of fused-ring (bicyclic) bond motifs is 1. The third kappa shape index (κ3) is 20.5. The highest BCUT2D eigenvalue weighted by atomic mass is 16.5. The van der Waals surface area contributed by atoms with Crippen molar-refractivity contribution in [1.29, 1.82) is 0 Å². The smallest absolute Gasteiger partial charge is 0.250 e. The summed E-state index contributed by atoms with van der Waals surface area (Å²) < 4.78 is 12.8. The highest BCUT2D eigenvalue weighted by Gasteiger charge is 2.09. The van der Waals surface area contributed by atoms with Crippen LogP contribution in [-0.4, -0.2) is 40.8 Å². The zero-order valence-electron chi connectivity index (χ0n) is 52.0. The predicted molar refractivity (Wildman–Crippen MR) is 352 cm³/mol. The Labute approximate surface area is 501 Å². The Hall–Kier alpha value is -8.37. The molecule has 0 N–H and O–H groups in total. The van der Waals surface area contributed by atoms with Crippen LogP contribution in [0.2, 0.25) is 0 Å². The second-order valence-corrected chi connectivity index (χ2v) is 23.1. The molecule has 0 unspecified atom stereocenters. The van der Waals surface area contributed by atoms with Crippen molar-refractivity contribution >= 4 is 10.9 Å². The van der Waals surface area contributed by atoms with E-state index < -0.39 is 0 Å². The summed E-state index contributed by atoms with van der Waals surface area (Å²) in [5, 5.41) is 10.0. The molecular weight excluding hydrogens is 1030 g/mol. The molecule has 84 heavy (non-hydrogen) atoms. The van der Waals surface area contributed by atoms with Crippen molar-refractivity contribution in [3.05, 3.63) is 282 Å². The molecule has 10 rings (SSSR count). The zero-order valence-corrected chi connectivity index (χ0v) is 52.0. The number of benzene rings is 5. The van der Waals surface area contributed by atoms with Gasteiger partial charge in [-0.2, -0.15) is 10.2 Å². The first kappa shape index (κ1) is 66.4. The van der Waals surface area contributed by atoms with Gasteiger partial charge >= 0.3 is 0 Å². The molecule has 10 heteroatoms. The lowest BCUT2D eigenvalue weighted by molar-refractivity contribution is 0.407. The van der Waals surface area contributed by atoms with Crippen molar-refractivity contribution in [2.45, 2.75) is 160 Å². The van der Waals surface area contributed by atoms with E-state index in [9.17, 15) is 9.59 Å². The van der Waals surface area contributed by atoms with Crippen LogP contribution in [0.3, 0.4) is 0 Å². The summed E-state index contributed by atoms with van der Waals surface area (Å²) in [5.41, 5.74) is 17.2. The number of hydrogen-bond acceptors (Lipinski definition) is 6. The van der Waals surface area contributed by atoms with Crippen LogP contribution in [0.1, 0.15) is 179 Å². The molecule has 5 aromatic carbocycles. The molecule has 5 heterocycles. The Balaban J connectivity index is 0.000000192. The van der Waals surface area contributed by atoms with E-state index in [1.54, 1.807) is 46.7 Å². The van der Waals surface area contributed by atoms with Crippen molar-refractivity contribution in [2.24, 2.45) is 0 Å². The zero-order chi connectivity index (χ0) is 60.2. The van der Waals surface area contributed by atoms with Gasteiger partial charge in [-0.25, -0.2) is 0 Å². The first-order valence-electron chi connectivity index (χ1n) is 29.3. The van der Waals surface area contributed by atoms with E-state index >= 15 is 0 Å². The summed E-state index contributed by atoms with van der Waals surface area (Å²) in [5.74, 6) is 3.62. The van der Waals surface area contributed by atoms with E-state index in [0.717, 1.165) is 46.9 Å². The van der Waals surface area contributed by atoms with Gasteiger partial charge in [0.25, 0.3) is 11.1 Å². The lowest BCUT2D eigenvalue weighted by Gasteiger charge is -2.13. The van der Waals surface area contributed by atoms with Gasteiger partial charge in [0.2, 0.25) is 0 Å². The Morgan fingerprint density at radius 1 is 0.464 bits per heavy atom. The van der Waals surface area contributed by atoms with Gasteiger partial charge in [0, 0.05) is 53.1 Å². The molecule has 442 valence electrons. The Morgan fingerprint density at radius 2 is 0.929 bits per heavy atom. The standard InChI is InChI=1S/C16H19NO2.C15H20N2.C15H17NO.C14H18N2.C13H15N.CH4/c1-12(2)13-7-8-14(15(10-13)19-3)11-17-9-5-4-6-16(17)18;1-11(2)15-7-5-14(6-8-15)10-17-13(4)9-12(3)16-17;1-12(2)14-8-6-13(7-9-14)11-16-10-4-3-5-15(16)17;1-11(2)14-6-4-13(5-7-14)10-16-9-12(3)8-15-16;1-9(2)11-6-7-13-12(8-11)5-4-10(3)14-13;/h4-10,12H,11H2,1-3H3;5-9,11H,10H2,1-4H3;3-10,12H,11H2,1-2H3;4-9,11H,10H2,1-3H3;4-9H,1-3H3;1H4. The van der Waals surface area contributed by atoms with Crippen molar-refractivity contribution in [1.82, 2.24) is 33.7 Å². The van der Waals surface area contributed by atoms with E-state index in [1.807, 2.05) is 55.2 Å². The number of ether oxygens (including phenoxy) is 1. The minimum atomic E-state index is -0.00232. The normalized spacial score (nSPS) is 10.8. The van der Waals surface area contributed by atoms with E-state index in [2.05, 4.69) is 224 Å². The molecule has 0 saturated carbocycles. The van der Waals surface area contributed by atoms with Crippen LogP contribution >= 0.6 is 0 Å². The lowest BCUT2D eigenvalue weighted by atomic mass is 10.0. The first-order chi connectivity index (χ1) is 39.6. The lowest BCUT2D eigenvalue weighted by Crippen LogP contribution is -2.18. The molecule has 0 bridgehead atoms. The molecule has 0 atom stereocenters. The summed E-state index contributed by atoms with van der Waals surface area (Å²) in [7, 11) is 1.66. The van der Waals surface area contributed by atoms with Gasteiger partial charge < -0.3 is 13.9 Å². The average Bonchev–Trinajstić information content (AvgIpc) is 4.12. The summed E-state index contributed by atoms with van der Waals surface area (Å²) >= 11 is 0. The molecule has 0 aliphatic carbocycles. The number of methoxy groups -OCH3 is 1. The van der Waals surface area contributed by atoms with Gasteiger partial charge in [0.15, 0.2) is 0 Å². The molecule has 5 aromatic heterocycles. The van der Waals surface area contributed by atoms with Gasteiger partial charge in [-0.1, -0.05) is 186 Å². The van der Waals surface area contributed by atoms with Gasteiger partial charge in [0.05, 0.1) is 50.7 Å². The largest absolute Gasteiger partial charge is 0.496 e. The van der Waals surface area contributed by atoms with Crippen LogP contribution in [-0.2, 0) is 26.2 Å². The second kappa shape index (κ2) is 32.5. The van der Waals surface area contributed by atoms with Gasteiger partial charge in [-0.3, -0.25) is 23.9 Å². The van der Waals surface area contributed by atoms with Crippen LogP contribution in [0, 0.1) is 27.7 Å². The van der Waals surface area contributed by atoms with Crippen LogP contribution in [0.5, 0.6) is 5.75 Å². The molecule has 0 radical (unpaired) electrons. The molecule has 0 aliphatic heterocycles. The van der Waals surface area contributed by atoms with Gasteiger partial charge in [-0.05, 0) is 150 Å². The number of aromatic nitrogens is 7. The highest BCUT2D eigenvalue weighted by Crippen LogP contribution is 2.26. The minimum absolute atomic E-state index is 0. The monoisotopic (exact) mass is 1130 g/mol. The summed E-state index contributed by atoms with van der Waals surface area (Å²) in [6, 6.07) is 55.5.